The zero-order valence-corrected chi connectivity index (χ0v) is 21.6. The van der Waals surface area contributed by atoms with E-state index in [1.54, 1.807) is 18.2 Å². The summed E-state index contributed by atoms with van der Waals surface area (Å²) in [5, 5.41) is 22.2. The van der Waals surface area contributed by atoms with Crippen molar-refractivity contribution < 1.29 is 29.1 Å². The van der Waals surface area contributed by atoms with Gasteiger partial charge in [0, 0.05) is 24.0 Å². The molecule has 0 spiro atoms. The molecule has 1 aliphatic heterocycles. The fourth-order valence-electron chi connectivity index (χ4n) is 4.58. The molecule has 1 aliphatic rings. The largest absolute Gasteiger partial charge is 0.493 e. The van der Waals surface area contributed by atoms with Gasteiger partial charge in [-0.1, -0.05) is 58.4 Å². The number of fused-ring (bicyclic) bond motifs is 1. The minimum Gasteiger partial charge on any atom is -0.493 e. The van der Waals surface area contributed by atoms with Crippen LogP contribution >= 0.6 is 15.9 Å². The van der Waals surface area contributed by atoms with Crippen LogP contribution < -0.4 is 9.47 Å². The van der Waals surface area contributed by atoms with E-state index in [9.17, 15) is 24.8 Å². The maximum atomic E-state index is 13.6. The van der Waals surface area contributed by atoms with Gasteiger partial charge in [0.05, 0.1) is 23.6 Å². The molecule has 37 heavy (non-hydrogen) atoms. The highest BCUT2D eigenvalue weighted by molar-refractivity contribution is 9.09. The van der Waals surface area contributed by atoms with Crippen molar-refractivity contribution in [3.8, 4) is 11.5 Å². The van der Waals surface area contributed by atoms with Gasteiger partial charge in [-0.2, -0.15) is 0 Å². The first kappa shape index (κ1) is 26.2. The molecule has 1 amide bonds. The molecule has 2 atom stereocenters. The van der Waals surface area contributed by atoms with Crippen LogP contribution in [0, 0.1) is 10.1 Å². The Kier molecular flexibility index (Phi) is 8.08. The molecule has 192 valence electrons. The lowest BCUT2D eigenvalue weighted by atomic mass is 9.79. The molecule has 0 saturated heterocycles. The molecule has 9 nitrogen and oxygen atoms in total. The number of nitro groups is 1. The van der Waals surface area contributed by atoms with Gasteiger partial charge in [-0.3, -0.25) is 19.7 Å². The third-order valence-electron chi connectivity index (χ3n) is 6.29. The highest BCUT2D eigenvalue weighted by atomic mass is 79.9. The number of halogens is 1. The Bertz CT molecular complexity index is 1320. The lowest BCUT2D eigenvalue weighted by Gasteiger charge is -2.41. The standard InChI is InChI=1S/C27H25BrN2O7/c1-36-23-14-18(8-11-22(23)37-16-17-6-3-2-4-7-17)25-24(27(32)33)20-10-9-19(30(34)35)15-21(20)26(31)29(25)13-5-12-28/h2-4,6-11,14-15,24-25H,5,12-13,16H2,1H3,(H,32,33)/t24-,25-/m1/s1. The van der Waals surface area contributed by atoms with E-state index in [1.807, 2.05) is 30.3 Å². The smallest absolute Gasteiger partial charge is 0.313 e. The fourth-order valence-corrected chi connectivity index (χ4v) is 4.83. The number of rotatable bonds is 10. The summed E-state index contributed by atoms with van der Waals surface area (Å²) in [7, 11) is 1.49. The Hall–Kier alpha value is -3.92. The van der Waals surface area contributed by atoms with Crippen molar-refractivity contribution in [2.45, 2.75) is 25.0 Å². The molecule has 0 fully saturated rings. The van der Waals surface area contributed by atoms with E-state index >= 15 is 0 Å². The van der Waals surface area contributed by atoms with E-state index in [4.69, 9.17) is 9.47 Å². The Morgan fingerprint density at radius 3 is 2.51 bits per heavy atom. The van der Waals surface area contributed by atoms with E-state index in [2.05, 4.69) is 15.9 Å². The first-order valence-corrected chi connectivity index (χ1v) is 12.7. The summed E-state index contributed by atoms with van der Waals surface area (Å²) in [6.45, 7) is 0.578. The minimum absolute atomic E-state index is 0.0298. The van der Waals surface area contributed by atoms with Gasteiger partial charge in [-0.15, -0.1) is 0 Å². The number of non-ortho nitro benzene ring substituents is 1. The Morgan fingerprint density at radius 2 is 1.86 bits per heavy atom. The number of nitrogens with zero attached hydrogens (tertiary/aromatic N) is 2. The second kappa shape index (κ2) is 11.4. The SMILES string of the molecule is COc1cc([C@@H]2[C@H](C(=O)O)c3ccc([N+](=O)[O-])cc3C(=O)N2CCCBr)ccc1OCc1ccccc1. The molecule has 0 aromatic heterocycles. The molecule has 3 aromatic rings. The summed E-state index contributed by atoms with van der Waals surface area (Å²) in [6, 6.07) is 17.7. The van der Waals surface area contributed by atoms with Crippen molar-refractivity contribution in [2.75, 3.05) is 19.0 Å². The van der Waals surface area contributed by atoms with Crippen molar-refractivity contribution in [3.63, 3.8) is 0 Å². The second-order valence-electron chi connectivity index (χ2n) is 8.52. The van der Waals surface area contributed by atoms with Crippen LogP contribution in [0.1, 0.15) is 45.4 Å². The fraction of sp³-hybridized carbons (Fsp3) is 0.259. The zero-order chi connectivity index (χ0) is 26.5. The molecular weight excluding hydrogens is 544 g/mol. The molecule has 3 aromatic carbocycles. The van der Waals surface area contributed by atoms with E-state index in [0.717, 1.165) is 11.6 Å². The summed E-state index contributed by atoms with van der Waals surface area (Å²) in [4.78, 5) is 38.4. The van der Waals surface area contributed by atoms with Gasteiger partial charge < -0.3 is 19.5 Å². The number of carbonyl (C=O) groups is 2. The van der Waals surface area contributed by atoms with Crippen LogP contribution in [0.3, 0.4) is 0 Å². The first-order chi connectivity index (χ1) is 17.8. The van der Waals surface area contributed by atoms with Crippen molar-refractivity contribution in [1.29, 1.82) is 0 Å². The van der Waals surface area contributed by atoms with Crippen LogP contribution in [-0.4, -0.2) is 45.8 Å². The monoisotopic (exact) mass is 568 g/mol. The summed E-state index contributed by atoms with van der Waals surface area (Å²) >= 11 is 3.37. The van der Waals surface area contributed by atoms with Crippen molar-refractivity contribution in [1.82, 2.24) is 4.90 Å². The number of methoxy groups -OCH3 is 1. The maximum absolute atomic E-state index is 13.6. The molecule has 0 saturated carbocycles. The second-order valence-corrected chi connectivity index (χ2v) is 9.31. The molecule has 1 heterocycles. The summed E-state index contributed by atoms with van der Waals surface area (Å²) in [5.74, 6) is -1.85. The summed E-state index contributed by atoms with van der Waals surface area (Å²) in [6.07, 6.45) is 0.564. The van der Waals surface area contributed by atoms with Crippen LogP contribution in [0.15, 0.2) is 66.7 Å². The molecule has 10 heteroatoms. The van der Waals surface area contributed by atoms with Crippen molar-refractivity contribution >= 4 is 33.5 Å². The van der Waals surface area contributed by atoms with Gasteiger partial charge in [-0.25, -0.2) is 0 Å². The molecule has 4 rings (SSSR count). The van der Waals surface area contributed by atoms with Crippen LogP contribution in [-0.2, 0) is 11.4 Å². The number of benzene rings is 3. The van der Waals surface area contributed by atoms with Crippen LogP contribution in [0.4, 0.5) is 5.69 Å². The lowest BCUT2D eigenvalue weighted by molar-refractivity contribution is -0.384. The highest BCUT2D eigenvalue weighted by Crippen LogP contribution is 2.45. The van der Waals surface area contributed by atoms with Gasteiger partial charge in [0.15, 0.2) is 11.5 Å². The van der Waals surface area contributed by atoms with E-state index < -0.39 is 28.8 Å². The third-order valence-corrected chi connectivity index (χ3v) is 6.85. The average Bonchev–Trinajstić information content (AvgIpc) is 2.91. The van der Waals surface area contributed by atoms with Crippen LogP contribution in [0.5, 0.6) is 11.5 Å². The number of alkyl halides is 1. The van der Waals surface area contributed by atoms with E-state index in [1.165, 1.54) is 24.1 Å². The predicted molar refractivity (Wildman–Crippen MR) is 139 cm³/mol. The minimum atomic E-state index is -1.14. The van der Waals surface area contributed by atoms with E-state index in [0.29, 0.717) is 35.4 Å². The van der Waals surface area contributed by atoms with Gasteiger partial charge in [0.2, 0.25) is 0 Å². The molecule has 0 unspecified atom stereocenters. The number of hydrogen-bond acceptors (Lipinski definition) is 6. The molecule has 1 N–H and O–H groups in total. The van der Waals surface area contributed by atoms with Crippen LogP contribution in [0.2, 0.25) is 0 Å². The zero-order valence-electron chi connectivity index (χ0n) is 20.0. The quantitative estimate of drug-likeness (QED) is 0.199. The molecule has 0 aliphatic carbocycles. The summed E-state index contributed by atoms with van der Waals surface area (Å²) < 4.78 is 11.5. The Labute approximate surface area is 221 Å². The van der Waals surface area contributed by atoms with Gasteiger partial charge in [0.25, 0.3) is 11.6 Å². The lowest BCUT2D eigenvalue weighted by Crippen LogP contribution is -2.45. The third kappa shape index (κ3) is 5.43. The van der Waals surface area contributed by atoms with Gasteiger partial charge >= 0.3 is 5.97 Å². The van der Waals surface area contributed by atoms with Crippen LogP contribution in [0.25, 0.3) is 0 Å². The number of amides is 1. The Morgan fingerprint density at radius 1 is 1.11 bits per heavy atom. The number of carboxylic acids is 1. The molecule has 0 radical (unpaired) electrons. The normalized spacial score (nSPS) is 16.7. The van der Waals surface area contributed by atoms with Gasteiger partial charge in [-0.05, 0) is 35.2 Å². The number of carbonyl (C=O) groups excluding carboxylic acids is 1. The average molecular weight is 569 g/mol. The first-order valence-electron chi connectivity index (χ1n) is 11.6. The number of nitro benzene ring substituents is 1. The predicted octanol–water partition coefficient (Wildman–Crippen LogP) is 5.33. The topological polar surface area (TPSA) is 119 Å². The number of aliphatic carboxylic acids is 1. The maximum Gasteiger partial charge on any atom is 0.313 e. The van der Waals surface area contributed by atoms with Gasteiger partial charge in [0.1, 0.15) is 12.5 Å². The molecule has 0 bridgehead atoms. The van der Waals surface area contributed by atoms with Crippen molar-refractivity contribution in [2.24, 2.45) is 0 Å². The number of ether oxygens (including phenoxy) is 2. The highest BCUT2D eigenvalue weighted by Gasteiger charge is 2.45. The summed E-state index contributed by atoms with van der Waals surface area (Å²) in [5.41, 5.74) is 1.54. The van der Waals surface area contributed by atoms with E-state index in [-0.39, 0.29) is 23.4 Å². The molecular formula is C27H25BrN2O7. The number of hydrogen-bond donors (Lipinski definition) is 1. The number of carboxylic acid groups (broad SMARTS) is 1. The Balaban J connectivity index is 1.76. The van der Waals surface area contributed by atoms with Crippen molar-refractivity contribution in [3.05, 3.63) is 99.1 Å².